The lowest BCUT2D eigenvalue weighted by molar-refractivity contribution is -0.137. The van der Waals surface area contributed by atoms with Gasteiger partial charge in [-0.15, -0.1) is 0 Å². The molecule has 0 radical (unpaired) electrons. The fourth-order valence-electron chi connectivity index (χ4n) is 3.63. The van der Waals surface area contributed by atoms with Gasteiger partial charge in [0.2, 0.25) is 5.91 Å². The van der Waals surface area contributed by atoms with E-state index in [-0.39, 0.29) is 17.8 Å². The standard InChI is InChI=1S/C23H33N7O3/c1-16(25-4)15-17-5-7-18(8-6-17)30-10-9-19(27-22(30)33)26-21(32)29-13-11-28(12-14-29)20(31)23(2,3)24/h5-10,16,25H,11-15,24H2,1-4H3,(H,26,27,32,33). The number of hydrogen-bond donors (Lipinski definition) is 3. The summed E-state index contributed by atoms with van der Waals surface area (Å²) in [6.07, 6.45) is 2.48. The lowest BCUT2D eigenvalue weighted by atomic mass is 10.1. The van der Waals surface area contributed by atoms with Crippen LogP contribution in [0.25, 0.3) is 5.69 Å². The number of benzene rings is 1. The van der Waals surface area contributed by atoms with Gasteiger partial charge in [-0.05, 0) is 58.0 Å². The van der Waals surface area contributed by atoms with Crippen LogP contribution in [0, 0.1) is 0 Å². The summed E-state index contributed by atoms with van der Waals surface area (Å²) in [5.74, 6) is 0.0414. The molecule has 10 nitrogen and oxygen atoms in total. The quantitative estimate of drug-likeness (QED) is 0.592. The van der Waals surface area contributed by atoms with Gasteiger partial charge in [0.1, 0.15) is 5.82 Å². The Labute approximate surface area is 193 Å². The Bertz CT molecular complexity index is 1040. The second-order valence-electron chi connectivity index (χ2n) is 8.96. The van der Waals surface area contributed by atoms with E-state index in [0.29, 0.717) is 37.9 Å². The van der Waals surface area contributed by atoms with Gasteiger partial charge in [-0.2, -0.15) is 4.98 Å². The number of nitrogens with two attached hydrogens (primary N) is 1. The number of carbonyl (C=O) groups excluding carboxylic acids is 2. The smallest absolute Gasteiger partial charge is 0.338 e. The fourth-order valence-corrected chi connectivity index (χ4v) is 3.63. The zero-order valence-corrected chi connectivity index (χ0v) is 19.7. The zero-order chi connectivity index (χ0) is 24.2. The van der Waals surface area contributed by atoms with E-state index in [1.165, 1.54) is 10.1 Å². The minimum Gasteiger partial charge on any atom is -0.338 e. The first-order valence-corrected chi connectivity index (χ1v) is 11.1. The van der Waals surface area contributed by atoms with Crippen molar-refractivity contribution in [3.63, 3.8) is 0 Å². The van der Waals surface area contributed by atoms with Crippen molar-refractivity contribution in [1.29, 1.82) is 0 Å². The fraction of sp³-hybridized carbons (Fsp3) is 0.478. The highest BCUT2D eigenvalue weighted by molar-refractivity contribution is 5.89. The largest absolute Gasteiger partial charge is 0.354 e. The molecule has 1 saturated heterocycles. The van der Waals surface area contributed by atoms with Crippen LogP contribution in [-0.4, -0.2) is 76.1 Å². The van der Waals surface area contributed by atoms with Gasteiger partial charge in [-0.3, -0.25) is 14.7 Å². The van der Waals surface area contributed by atoms with Gasteiger partial charge < -0.3 is 20.9 Å². The van der Waals surface area contributed by atoms with Crippen molar-refractivity contribution in [2.75, 3.05) is 38.5 Å². The van der Waals surface area contributed by atoms with Gasteiger partial charge in [0.05, 0.1) is 11.2 Å². The molecule has 1 unspecified atom stereocenters. The molecular formula is C23H33N7O3. The lowest BCUT2D eigenvalue weighted by Crippen LogP contribution is -2.58. The maximum Gasteiger partial charge on any atom is 0.354 e. The van der Waals surface area contributed by atoms with E-state index in [1.54, 1.807) is 35.9 Å². The van der Waals surface area contributed by atoms with Crippen LogP contribution in [0.15, 0.2) is 41.3 Å². The van der Waals surface area contributed by atoms with Crippen LogP contribution in [0.1, 0.15) is 26.3 Å². The summed E-state index contributed by atoms with van der Waals surface area (Å²) in [5.41, 5.74) is 6.33. The van der Waals surface area contributed by atoms with Gasteiger partial charge in [0.15, 0.2) is 0 Å². The molecule has 1 aromatic heterocycles. The van der Waals surface area contributed by atoms with Crippen molar-refractivity contribution in [3.8, 4) is 5.69 Å². The number of piperazine rings is 1. The average molecular weight is 456 g/mol. The molecule has 10 heteroatoms. The van der Waals surface area contributed by atoms with Crippen LogP contribution in [0.3, 0.4) is 0 Å². The summed E-state index contributed by atoms with van der Waals surface area (Å²) in [6.45, 7) is 7.01. The summed E-state index contributed by atoms with van der Waals surface area (Å²) in [7, 11) is 1.92. The van der Waals surface area contributed by atoms with Gasteiger partial charge in [-0.1, -0.05) is 12.1 Å². The Morgan fingerprint density at radius 3 is 2.24 bits per heavy atom. The first-order valence-electron chi connectivity index (χ1n) is 11.1. The van der Waals surface area contributed by atoms with Crippen LogP contribution in [0.4, 0.5) is 10.6 Å². The number of urea groups is 1. The molecule has 1 aliphatic heterocycles. The maximum atomic E-state index is 12.6. The molecule has 1 fully saturated rings. The molecule has 0 saturated carbocycles. The molecular weight excluding hydrogens is 422 g/mol. The van der Waals surface area contributed by atoms with Crippen LogP contribution in [0.2, 0.25) is 0 Å². The third kappa shape index (κ3) is 6.17. The van der Waals surface area contributed by atoms with Crippen molar-refractivity contribution < 1.29 is 9.59 Å². The lowest BCUT2D eigenvalue weighted by Gasteiger charge is -2.37. The third-order valence-corrected chi connectivity index (χ3v) is 5.69. The molecule has 4 N–H and O–H groups in total. The maximum absolute atomic E-state index is 12.6. The number of carbonyl (C=O) groups is 2. The normalized spacial score (nSPS) is 15.3. The first kappa shape index (κ1) is 24.4. The zero-order valence-electron chi connectivity index (χ0n) is 19.7. The van der Waals surface area contributed by atoms with E-state index < -0.39 is 11.2 Å². The SMILES string of the molecule is CNC(C)Cc1ccc(-n2ccc(NC(=O)N3CCN(C(=O)C(C)(C)N)CC3)nc2=O)cc1. The Kier molecular flexibility index (Phi) is 7.50. The predicted octanol–water partition coefficient (Wildman–Crippen LogP) is 0.796. The summed E-state index contributed by atoms with van der Waals surface area (Å²) >= 11 is 0. The number of anilines is 1. The van der Waals surface area contributed by atoms with Gasteiger partial charge in [0, 0.05) is 38.4 Å². The number of hydrogen-bond acceptors (Lipinski definition) is 6. The third-order valence-electron chi connectivity index (χ3n) is 5.69. The minimum absolute atomic E-state index is 0.141. The molecule has 178 valence electrons. The van der Waals surface area contributed by atoms with Crippen molar-refractivity contribution in [2.45, 2.75) is 38.8 Å². The molecule has 0 aliphatic carbocycles. The van der Waals surface area contributed by atoms with E-state index in [9.17, 15) is 14.4 Å². The van der Waals surface area contributed by atoms with Crippen LogP contribution >= 0.6 is 0 Å². The van der Waals surface area contributed by atoms with E-state index in [1.807, 2.05) is 31.3 Å². The van der Waals surface area contributed by atoms with Crippen LogP contribution < -0.4 is 22.1 Å². The van der Waals surface area contributed by atoms with Gasteiger partial charge in [-0.25, -0.2) is 9.59 Å². The van der Waals surface area contributed by atoms with E-state index >= 15 is 0 Å². The van der Waals surface area contributed by atoms with E-state index in [4.69, 9.17) is 5.73 Å². The summed E-state index contributed by atoms with van der Waals surface area (Å²) in [4.78, 5) is 44.7. The Morgan fingerprint density at radius 2 is 1.70 bits per heavy atom. The predicted molar refractivity (Wildman–Crippen MR) is 127 cm³/mol. The second kappa shape index (κ2) is 10.1. The van der Waals surface area contributed by atoms with Crippen molar-refractivity contribution in [2.24, 2.45) is 5.73 Å². The highest BCUT2D eigenvalue weighted by Crippen LogP contribution is 2.12. The van der Waals surface area contributed by atoms with E-state index in [2.05, 4.69) is 22.5 Å². The molecule has 3 rings (SSSR count). The number of nitrogens with one attached hydrogen (secondary N) is 2. The second-order valence-corrected chi connectivity index (χ2v) is 8.96. The number of likely N-dealkylation sites (N-methyl/N-ethyl adjacent to an activating group) is 1. The topological polar surface area (TPSA) is 126 Å². The average Bonchev–Trinajstić information content (AvgIpc) is 2.78. The summed E-state index contributed by atoms with van der Waals surface area (Å²) in [5, 5.41) is 5.87. The monoisotopic (exact) mass is 455 g/mol. The number of amides is 3. The highest BCUT2D eigenvalue weighted by Gasteiger charge is 2.31. The number of nitrogens with zero attached hydrogens (tertiary/aromatic N) is 4. The molecule has 2 heterocycles. The van der Waals surface area contributed by atoms with Gasteiger partial charge in [0.25, 0.3) is 0 Å². The van der Waals surface area contributed by atoms with Gasteiger partial charge >= 0.3 is 11.7 Å². The Balaban J connectivity index is 1.60. The van der Waals surface area contributed by atoms with Crippen molar-refractivity contribution in [3.05, 3.63) is 52.6 Å². The molecule has 0 bridgehead atoms. The number of aromatic nitrogens is 2. The van der Waals surface area contributed by atoms with Crippen LogP contribution in [-0.2, 0) is 11.2 Å². The summed E-state index contributed by atoms with van der Waals surface area (Å²) in [6, 6.07) is 9.32. The van der Waals surface area contributed by atoms with Crippen molar-refractivity contribution >= 4 is 17.8 Å². The highest BCUT2D eigenvalue weighted by atomic mass is 16.2. The van der Waals surface area contributed by atoms with E-state index in [0.717, 1.165) is 6.42 Å². The summed E-state index contributed by atoms with van der Waals surface area (Å²) < 4.78 is 1.43. The first-order chi connectivity index (χ1) is 15.6. The molecule has 0 spiro atoms. The Hall–Kier alpha value is -3.24. The molecule has 1 aliphatic rings. The van der Waals surface area contributed by atoms with Crippen LogP contribution in [0.5, 0.6) is 0 Å². The van der Waals surface area contributed by atoms with Crippen molar-refractivity contribution in [1.82, 2.24) is 24.7 Å². The molecule has 3 amide bonds. The Morgan fingerprint density at radius 1 is 1.09 bits per heavy atom. The molecule has 2 aromatic rings. The number of rotatable bonds is 6. The molecule has 1 atom stereocenters. The molecule has 1 aromatic carbocycles. The molecule has 33 heavy (non-hydrogen) atoms. The minimum atomic E-state index is -0.941.